The first kappa shape index (κ1) is 20.7. The van der Waals surface area contributed by atoms with Crippen molar-refractivity contribution in [3.63, 3.8) is 0 Å². The lowest BCUT2D eigenvalue weighted by atomic mass is 10.1. The molecule has 1 heterocycles. The lowest BCUT2D eigenvalue weighted by molar-refractivity contribution is -0.112. The molecule has 0 saturated heterocycles. The summed E-state index contributed by atoms with van der Waals surface area (Å²) in [4.78, 5) is 12.1. The molecule has 31 heavy (non-hydrogen) atoms. The number of halogens is 1. The van der Waals surface area contributed by atoms with Crippen LogP contribution >= 0.6 is 0 Å². The number of esters is 1. The summed E-state index contributed by atoms with van der Waals surface area (Å²) in [6.07, 6.45) is -0.611. The van der Waals surface area contributed by atoms with Crippen LogP contribution in [0.5, 0.6) is 17.2 Å². The molecule has 0 aromatic heterocycles. The molecule has 0 N–H and O–H groups in total. The van der Waals surface area contributed by atoms with Gasteiger partial charge in [-0.05, 0) is 24.3 Å². The minimum Gasteiger partial charge on any atom is -0.497 e. The fourth-order valence-corrected chi connectivity index (χ4v) is 3.34. The van der Waals surface area contributed by atoms with Crippen LogP contribution < -0.4 is 14.2 Å². The van der Waals surface area contributed by atoms with Crippen molar-refractivity contribution in [1.82, 2.24) is 0 Å². The van der Waals surface area contributed by atoms with Crippen LogP contribution in [-0.4, -0.2) is 20.2 Å². The first-order valence-electron chi connectivity index (χ1n) is 9.62. The smallest absolute Gasteiger partial charge is 0.341 e. The molecule has 1 unspecified atom stereocenters. The van der Waals surface area contributed by atoms with Crippen LogP contribution in [0.3, 0.4) is 0 Å². The quantitative estimate of drug-likeness (QED) is 0.530. The highest BCUT2D eigenvalue weighted by atomic mass is 19.1. The zero-order chi connectivity index (χ0) is 21.8. The Balaban J connectivity index is 1.62. The molecular formula is C24H21FO6. The van der Waals surface area contributed by atoms with E-state index in [0.717, 1.165) is 5.56 Å². The number of carbonyl (C=O) groups excluding carboxylic acids is 1. The van der Waals surface area contributed by atoms with Crippen LogP contribution in [0.2, 0.25) is 0 Å². The molecule has 6 nitrogen and oxygen atoms in total. The number of ether oxygens (including phenoxy) is 5. The van der Waals surface area contributed by atoms with Gasteiger partial charge in [-0.2, -0.15) is 0 Å². The van der Waals surface area contributed by atoms with Crippen LogP contribution in [0.4, 0.5) is 4.39 Å². The van der Waals surface area contributed by atoms with E-state index in [9.17, 15) is 9.18 Å². The third kappa shape index (κ3) is 4.46. The molecule has 0 spiro atoms. The van der Waals surface area contributed by atoms with Gasteiger partial charge in [-0.1, -0.05) is 30.3 Å². The molecule has 4 rings (SSSR count). The van der Waals surface area contributed by atoms with Gasteiger partial charge in [0.25, 0.3) is 0 Å². The van der Waals surface area contributed by atoms with Crippen LogP contribution in [-0.2, 0) is 22.7 Å². The van der Waals surface area contributed by atoms with E-state index in [4.69, 9.17) is 23.7 Å². The summed E-state index contributed by atoms with van der Waals surface area (Å²) in [5.41, 5.74) is 2.17. The Morgan fingerprint density at radius 1 is 1.10 bits per heavy atom. The highest BCUT2D eigenvalue weighted by molar-refractivity contribution is 5.92. The molecule has 1 aliphatic heterocycles. The fourth-order valence-electron chi connectivity index (χ4n) is 3.34. The monoisotopic (exact) mass is 424 g/mol. The van der Waals surface area contributed by atoms with Crippen LogP contribution in [0.15, 0.2) is 60.7 Å². The molecule has 3 aromatic rings. The number of hydrogen-bond donors (Lipinski definition) is 0. The van der Waals surface area contributed by atoms with Gasteiger partial charge in [0, 0.05) is 22.8 Å². The lowest BCUT2D eigenvalue weighted by Gasteiger charge is -2.28. The van der Waals surface area contributed by atoms with Gasteiger partial charge >= 0.3 is 5.97 Å². The summed E-state index contributed by atoms with van der Waals surface area (Å²) in [5, 5.41) is 0. The Morgan fingerprint density at radius 2 is 1.90 bits per heavy atom. The summed E-state index contributed by atoms with van der Waals surface area (Å²) >= 11 is 0. The standard InChI is InChI=1S/C24H21FO6/c1-27-19-8-9-20(23(26)28-2)21(12-19)29-13-16-10-18(25)11-17-14-30-24(31-22(16)17)15-6-4-3-5-7-15/h3-12,24H,13-14H2,1-2H3. The molecule has 0 aliphatic carbocycles. The highest BCUT2D eigenvalue weighted by Gasteiger charge is 2.26. The second-order valence-corrected chi connectivity index (χ2v) is 6.87. The molecule has 160 valence electrons. The topological polar surface area (TPSA) is 63.2 Å². The van der Waals surface area contributed by atoms with E-state index in [0.29, 0.717) is 22.6 Å². The van der Waals surface area contributed by atoms with E-state index < -0.39 is 18.1 Å². The molecule has 0 saturated carbocycles. The molecule has 3 aromatic carbocycles. The molecule has 1 aliphatic rings. The second-order valence-electron chi connectivity index (χ2n) is 6.87. The van der Waals surface area contributed by atoms with Crippen molar-refractivity contribution in [2.24, 2.45) is 0 Å². The zero-order valence-electron chi connectivity index (χ0n) is 17.1. The molecule has 7 heteroatoms. The van der Waals surface area contributed by atoms with Gasteiger partial charge in [0.2, 0.25) is 6.29 Å². The first-order chi connectivity index (χ1) is 15.1. The van der Waals surface area contributed by atoms with Crippen molar-refractivity contribution in [1.29, 1.82) is 0 Å². The Labute approximate surface area is 179 Å². The van der Waals surface area contributed by atoms with Crippen molar-refractivity contribution in [3.05, 3.63) is 88.7 Å². The number of methoxy groups -OCH3 is 2. The number of fused-ring (bicyclic) bond motifs is 1. The van der Waals surface area contributed by atoms with E-state index in [1.807, 2.05) is 30.3 Å². The van der Waals surface area contributed by atoms with Gasteiger partial charge in [0.05, 0.1) is 20.8 Å². The fraction of sp³-hybridized carbons (Fsp3) is 0.208. The van der Waals surface area contributed by atoms with Crippen molar-refractivity contribution in [2.45, 2.75) is 19.5 Å². The maximum atomic E-state index is 14.2. The number of rotatable bonds is 6. The molecular weight excluding hydrogens is 403 g/mol. The third-order valence-electron chi connectivity index (χ3n) is 4.87. The van der Waals surface area contributed by atoms with Crippen molar-refractivity contribution >= 4 is 5.97 Å². The molecule has 0 fully saturated rings. The second kappa shape index (κ2) is 9.06. The van der Waals surface area contributed by atoms with Crippen molar-refractivity contribution in [3.8, 4) is 17.2 Å². The number of benzene rings is 3. The van der Waals surface area contributed by atoms with Gasteiger partial charge in [-0.25, -0.2) is 9.18 Å². The maximum absolute atomic E-state index is 14.2. The average molecular weight is 424 g/mol. The van der Waals surface area contributed by atoms with E-state index in [1.54, 1.807) is 18.2 Å². The summed E-state index contributed by atoms with van der Waals surface area (Å²) < 4.78 is 41.9. The van der Waals surface area contributed by atoms with Crippen molar-refractivity contribution < 1.29 is 32.9 Å². The normalized spacial score (nSPS) is 14.9. The predicted molar refractivity (Wildman–Crippen MR) is 110 cm³/mol. The Morgan fingerprint density at radius 3 is 2.65 bits per heavy atom. The van der Waals surface area contributed by atoms with E-state index in [-0.39, 0.29) is 24.5 Å². The first-order valence-corrected chi connectivity index (χ1v) is 9.62. The number of hydrogen-bond acceptors (Lipinski definition) is 6. The van der Waals surface area contributed by atoms with Gasteiger partial charge in [-0.3, -0.25) is 0 Å². The SMILES string of the molecule is COC(=O)c1ccc(OC)cc1OCc1cc(F)cc2c1OC(c1ccccc1)OC2. The molecule has 0 radical (unpaired) electrons. The van der Waals surface area contributed by atoms with Gasteiger partial charge in [-0.15, -0.1) is 0 Å². The molecule has 1 atom stereocenters. The Kier molecular flexibility index (Phi) is 6.04. The van der Waals surface area contributed by atoms with Crippen LogP contribution in [0.1, 0.15) is 33.3 Å². The summed E-state index contributed by atoms with van der Waals surface area (Å²) in [7, 11) is 2.80. The van der Waals surface area contributed by atoms with Crippen molar-refractivity contribution in [2.75, 3.05) is 14.2 Å². The summed E-state index contributed by atoms with van der Waals surface area (Å²) in [6, 6.07) is 17.0. The predicted octanol–water partition coefficient (Wildman–Crippen LogP) is 4.81. The van der Waals surface area contributed by atoms with E-state index >= 15 is 0 Å². The van der Waals surface area contributed by atoms with Gasteiger partial charge in [0.1, 0.15) is 35.2 Å². The lowest BCUT2D eigenvalue weighted by Crippen LogP contribution is -2.20. The van der Waals surface area contributed by atoms with E-state index in [1.165, 1.54) is 26.4 Å². The van der Waals surface area contributed by atoms with E-state index in [2.05, 4.69) is 0 Å². The van der Waals surface area contributed by atoms with Gasteiger partial charge < -0.3 is 23.7 Å². The minimum absolute atomic E-state index is 0.0290. The summed E-state index contributed by atoms with van der Waals surface area (Å²) in [6.45, 7) is 0.172. The zero-order valence-corrected chi connectivity index (χ0v) is 17.1. The molecule has 0 amide bonds. The molecule has 0 bridgehead atoms. The van der Waals surface area contributed by atoms with Crippen LogP contribution in [0.25, 0.3) is 0 Å². The van der Waals surface area contributed by atoms with Gasteiger partial charge in [0.15, 0.2) is 0 Å². The number of carbonyl (C=O) groups is 1. The maximum Gasteiger partial charge on any atom is 0.341 e. The third-order valence-corrected chi connectivity index (χ3v) is 4.87. The summed E-state index contributed by atoms with van der Waals surface area (Å²) in [5.74, 6) is 0.298. The average Bonchev–Trinajstić information content (AvgIpc) is 2.82. The minimum atomic E-state index is -0.611. The largest absolute Gasteiger partial charge is 0.497 e. The Hall–Kier alpha value is -3.58. The van der Waals surface area contributed by atoms with Crippen LogP contribution in [0, 0.1) is 5.82 Å². The highest BCUT2D eigenvalue weighted by Crippen LogP contribution is 2.37. The Bertz CT molecular complexity index is 1080.